The summed E-state index contributed by atoms with van der Waals surface area (Å²) in [5.41, 5.74) is 2.38. The lowest BCUT2D eigenvalue weighted by Crippen LogP contribution is -2.47. The number of rotatable bonds is 6. The highest BCUT2D eigenvalue weighted by molar-refractivity contribution is 7.89. The molecule has 3 saturated heterocycles. The van der Waals surface area contributed by atoms with Crippen LogP contribution < -0.4 is 4.90 Å². The van der Waals surface area contributed by atoms with Gasteiger partial charge in [-0.2, -0.15) is 9.57 Å². The minimum Gasteiger partial charge on any atom is -0.462 e. The van der Waals surface area contributed by atoms with Gasteiger partial charge in [-0.15, -0.1) is 0 Å². The van der Waals surface area contributed by atoms with Crippen molar-refractivity contribution in [2.24, 2.45) is 5.41 Å². The SMILES string of the molecule is Cc1ccc(N2CCN(CC[C@H]3CC4(CCN(S(=O)(=O)c5ccc(C#N)cc5)CC4)C(=O)O3)CC2)cc1. The van der Waals surface area contributed by atoms with Gasteiger partial charge in [0, 0.05) is 57.9 Å². The van der Waals surface area contributed by atoms with Crippen LogP contribution in [0.2, 0.25) is 0 Å². The number of sulfonamides is 1. The summed E-state index contributed by atoms with van der Waals surface area (Å²) < 4.78 is 33.4. The molecule has 1 atom stereocenters. The number of carbonyl (C=O) groups excluding carboxylic acids is 1. The zero-order valence-corrected chi connectivity index (χ0v) is 22.1. The first-order valence-corrected chi connectivity index (χ1v) is 14.5. The highest BCUT2D eigenvalue weighted by Crippen LogP contribution is 2.44. The van der Waals surface area contributed by atoms with Gasteiger partial charge in [0.2, 0.25) is 10.0 Å². The van der Waals surface area contributed by atoms with Crippen LogP contribution in [0.15, 0.2) is 53.4 Å². The van der Waals surface area contributed by atoms with Crippen molar-refractivity contribution in [1.82, 2.24) is 9.21 Å². The molecule has 3 heterocycles. The number of cyclic esters (lactones) is 1. The maximum atomic E-state index is 13.1. The highest BCUT2D eigenvalue weighted by Gasteiger charge is 2.51. The minimum absolute atomic E-state index is 0.107. The molecule has 0 aliphatic carbocycles. The van der Waals surface area contributed by atoms with Crippen LogP contribution in [0.4, 0.5) is 5.69 Å². The number of benzene rings is 2. The Bertz CT molecular complexity index is 1250. The predicted octanol–water partition coefficient (Wildman–Crippen LogP) is 3.17. The molecule has 2 aromatic rings. The zero-order valence-electron chi connectivity index (χ0n) is 21.3. The molecule has 3 aliphatic heterocycles. The lowest BCUT2D eigenvalue weighted by Gasteiger charge is -2.36. The fourth-order valence-electron chi connectivity index (χ4n) is 5.72. The molecular formula is C28H34N4O4S. The van der Waals surface area contributed by atoms with Crippen molar-refractivity contribution in [3.63, 3.8) is 0 Å². The van der Waals surface area contributed by atoms with Gasteiger partial charge in [0.15, 0.2) is 0 Å². The molecule has 196 valence electrons. The van der Waals surface area contributed by atoms with Gasteiger partial charge in [0.25, 0.3) is 0 Å². The lowest BCUT2D eigenvalue weighted by molar-refractivity contribution is -0.150. The number of carbonyl (C=O) groups is 1. The summed E-state index contributed by atoms with van der Waals surface area (Å²) in [4.78, 5) is 17.9. The second kappa shape index (κ2) is 10.4. The number of piperidine rings is 1. The van der Waals surface area contributed by atoms with E-state index in [1.54, 1.807) is 0 Å². The molecule has 0 amide bonds. The van der Waals surface area contributed by atoms with E-state index in [-0.39, 0.29) is 17.0 Å². The first kappa shape index (κ1) is 25.7. The van der Waals surface area contributed by atoms with E-state index >= 15 is 0 Å². The third-order valence-corrected chi connectivity index (χ3v) is 10.1. The maximum absolute atomic E-state index is 13.1. The fourth-order valence-corrected chi connectivity index (χ4v) is 7.16. The van der Waals surface area contributed by atoms with Crippen molar-refractivity contribution in [2.45, 2.75) is 43.6 Å². The number of anilines is 1. The number of hydrogen-bond donors (Lipinski definition) is 0. The Balaban J connectivity index is 1.10. The van der Waals surface area contributed by atoms with Gasteiger partial charge in [0.1, 0.15) is 6.10 Å². The molecule has 0 saturated carbocycles. The van der Waals surface area contributed by atoms with Crippen LogP contribution in [0.25, 0.3) is 0 Å². The number of hydrogen-bond acceptors (Lipinski definition) is 7. The van der Waals surface area contributed by atoms with Gasteiger partial charge in [-0.05, 0) is 62.6 Å². The van der Waals surface area contributed by atoms with E-state index in [1.807, 2.05) is 6.07 Å². The van der Waals surface area contributed by atoms with E-state index < -0.39 is 15.4 Å². The van der Waals surface area contributed by atoms with E-state index in [1.165, 1.54) is 39.8 Å². The lowest BCUT2D eigenvalue weighted by atomic mass is 9.76. The van der Waals surface area contributed by atoms with Crippen LogP contribution in [0.5, 0.6) is 0 Å². The Kier molecular flexibility index (Phi) is 7.26. The molecule has 9 heteroatoms. The molecule has 5 rings (SSSR count). The van der Waals surface area contributed by atoms with Gasteiger partial charge in [-0.25, -0.2) is 8.42 Å². The summed E-state index contributed by atoms with van der Waals surface area (Å²) >= 11 is 0. The van der Waals surface area contributed by atoms with Crippen molar-refractivity contribution in [1.29, 1.82) is 5.26 Å². The fraction of sp³-hybridized carbons (Fsp3) is 0.500. The van der Waals surface area contributed by atoms with Crippen LogP contribution in [0.1, 0.15) is 36.8 Å². The van der Waals surface area contributed by atoms with Crippen LogP contribution in [-0.4, -0.2) is 75.5 Å². The molecule has 8 nitrogen and oxygen atoms in total. The molecular weight excluding hydrogens is 488 g/mol. The predicted molar refractivity (Wildman–Crippen MR) is 141 cm³/mol. The van der Waals surface area contributed by atoms with E-state index in [9.17, 15) is 13.2 Å². The maximum Gasteiger partial charge on any atom is 0.312 e. The standard InChI is InChI=1S/C28H34N4O4S/c1-22-2-6-24(7-3-22)31-18-16-30(17-19-31)13-10-25-20-28(27(33)36-25)11-14-32(15-12-28)37(34,35)26-8-4-23(21-29)5-9-26/h2-9,25H,10-20H2,1H3/t25-/m0/s1. The third-order valence-electron chi connectivity index (χ3n) is 8.16. The van der Waals surface area contributed by atoms with E-state index in [0.717, 1.165) is 39.1 Å². The van der Waals surface area contributed by atoms with Gasteiger partial charge in [-0.3, -0.25) is 9.69 Å². The van der Waals surface area contributed by atoms with Crippen molar-refractivity contribution < 1.29 is 17.9 Å². The summed E-state index contributed by atoms with van der Waals surface area (Å²) in [6.45, 7) is 7.54. The molecule has 2 aromatic carbocycles. The summed E-state index contributed by atoms with van der Waals surface area (Å²) in [5.74, 6) is -0.169. The number of ether oxygens (including phenoxy) is 1. The summed E-state index contributed by atoms with van der Waals surface area (Å²) in [6, 6.07) is 16.6. The minimum atomic E-state index is -3.65. The summed E-state index contributed by atoms with van der Waals surface area (Å²) in [7, 11) is -3.65. The van der Waals surface area contributed by atoms with Crippen molar-refractivity contribution in [2.75, 3.05) is 50.7 Å². The van der Waals surface area contributed by atoms with Crippen LogP contribution in [0.3, 0.4) is 0 Å². The molecule has 0 bridgehead atoms. The van der Waals surface area contributed by atoms with Crippen molar-refractivity contribution in [3.05, 3.63) is 59.7 Å². The van der Waals surface area contributed by atoms with E-state index in [0.29, 0.717) is 37.9 Å². The average molecular weight is 523 g/mol. The number of esters is 1. The third kappa shape index (κ3) is 5.37. The van der Waals surface area contributed by atoms with Crippen molar-refractivity contribution >= 4 is 21.7 Å². The second-order valence-corrected chi connectivity index (χ2v) is 12.4. The molecule has 37 heavy (non-hydrogen) atoms. The van der Waals surface area contributed by atoms with Crippen molar-refractivity contribution in [3.8, 4) is 6.07 Å². The summed E-state index contributed by atoms with van der Waals surface area (Å²) in [6.07, 6.45) is 2.33. The summed E-state index contributed by atoms with van der Waals surface area (Å²) in [5, 5.41) is 8.96. The first-order valence-electron chi connectivity index (χ1n) is 13.0. The molecule has 0 N–H and O–H groups in total. The second-order valence-electron chi connectivity index (χ2n) is 10.5. The Morgan fingerprint density at radius 2 is 1.62 bits per heavy atom. The van der Waals surface area contributed by atoms with Gasteiger partial charge in [0.05, 0.1) is 21.9 Å². The largest absolute Gasteiger partial charge is 0.462 e. The monoisotopic (exact) mass is 522 g/mol. The topological polar surface area (TPSA) is 94.0 Å². The number of nitriles is 1. The van der Waals surface area contributed by atoms with Gasteiger partial charge < -0.3 is 9.64 Å². The molecule has 0 unspecified atom stereocenters. The Morgan fingerprint density at radius 1 is 0.973 bits per heavy atom. The zero-order chi connectivity index (χ0) is 26.0. The Hall–Kier alpha value is -2.93. The average Bonchev–Trinajstić information content (AvgIpc) is 3.22. The molecule has 1 spiro atoms. The molecule has 3 aliphatic rings. The first-order chi connectivity index (χ1) is 17.8. The highest BCUT2D eigenvalue weighted by atomic mass is 32.2. The van der Waals surface area contributed by atoms with Crippen LogP contribution in [0, 0.1) is 23.7 Å². The smallest absolute Gasteiger partial charge is 0.312 e. The van der Waals surface area contributed by atoms with Gasteiger partial charge in [-0.1, -0.05) is 17.7 Å². The quantitative estimate of drug-likeness (QED) is 0.538. The van der Waals surface area contributed by atoms with Gasteiger partial charge >= 0.3 is 5.97 Å². The molecule has 0 aromatic heterocycles. The van der Waals surface area contributed by atoms with Crippen LogP contribution in [-0.2, 0) is 19.6 Å². The van der Waals surface area contributed by atoms with E-state index in [2.05, 4.69) is 41.0 Å². The molecule has 0 radical (unpaired) electrons. The van der Waals surface area contributed by atoms with Crippen LogP contribution >= 0.6 is 0 Å². The van der Waals surface area contributed by atoms with E-state index in [4.69, 9.17) is 10.00 Å². The number of piperazine rings is 1. The number of nitrogens with zero attached hydrogens (tertiary/aromatic N) is 4. The molecule has 3 fully saturated rings. The normalized spacial score (nSPS) is 22.6. The number of aryl methyl sites for hydroxylation is 1. The Morgan fingerprint density at radius 3 is 2.24 bits per heavy atom. The Labute approximate surface area is 219 Å².